The lowest BCUT2D eigenvalue weighted by molar-refractivity contribution is -0.154. The Morgan fingerprint density at radius 3 is 3.00 bits per heavy atom. The van der Waals surface area contributed by atoms with Crippen molar-refractivity contribution in [2.45, 2.75) is 37.3 Å². The number of rotatable bonds is 5. The van der Waals surface area contributed by atoms with Crippen molar-refractivity contribution in [3.8, 4) is 0 Å². The van der Waals surface area contributed by atoms with Crippen molar-refractivity contribution in [2.75, 3.05) is 13.7 Å². The van der Waals surface area contributed by atoms with E-state index in [1.54, 1.807) is 13.2 Å². The molecule has 86 valence electrons. The monoisotopic (exact) mass is 213 g/mol. The summed E-state index contributed by atoms with van der Waals surface area (Å²) < 4.78 is 5.29. The minimum Gasteiger partial charge on any atom is -0.480 e. The molecule has 0 aromatic carbocycles. The summed E-state index contributed by atoms with van der Waals surface area (Å²) in [4.78, 5) is 11.4. The lowest BCUT2D eigenvalue weighted by Crippen LogP contribution is -2.62. The first-order chi connectivity index (χ1) is 7.17. The zero-order valence-corrected chi connectivity index (χ0v) is 9.16. The summed E-state index contributed by atoms with van der Waals surface area (Å²) in [5, 5.41) is 12.4. The number of methoxy groups -OCH3 is 1. The fourth-order valence-corrected chi connectivity index (χ4v) is 2.24. The number of hydrogen-bond acceptors (Lipinski definition) is 3. The van der Waals surface area contributed by atoms with Crippen molar-refractivity contribution in [1.29, 1.82) is 0 Å². The van der Waals surface area contributed by atoms with Crippen LogP contribution in [0.4, 0.5) is 0 Å². The smallest absolute Gasteiger partial charge is 0.326 e. The first-order valence-corrected chi connectivity index (χ1v) is 5.29. The van der Waals surface area contributed by atoms with E-state index in [4.69, 9.17) is 4.74 Å². The highest BCUT2D eigenvalue weighted by molar-refractivity contribution is 5.80. The fraction of sp³-hybridized carbons (Fsp3) is 0.727. The molecule has 15 heavy (non-hydrogen) atoms. The number of carboxylic acids is 1. The molecule has 1 aliphatic rings. The third-order valence-corrected chi connectivity index (χ3v) is 3.07. The lowest BCUT2D eigenvalue weighted by Gasteiger charge is -2.40. The third-order valence-electron chi connectivity index (χ3n) is 3.07. The first kappa shape index (κ1) is 12.2. The average molecular weight is 213 g/mol. The van der Waals surface area contributed by atoms with Gasteiger partial charge in [-0.3, -0.25) is 10.1 Å². The second kappa shape index (κ2) is 5.28. The Morgan fingerprint density at radius 1 is 1.73 bits per heavy atom. The summed E-state index contributed by atoms with van der Waals surface area (Å²) >= 11 is 0. The molecule has 4 nitrogen and oxygen atoms in total. The van der Waals surface area contributed by atoms with Gasteiger partial charge in [0.1, 0.15) is 5.54 Å². The normalized spacial score (nSPS) is 31.1. The van der Waals surface area contributed by atoms with Gasteiger partial charge in [-0.2, -0.15) is 0 Å². The van der Waals surface area contributed by atoms with E-state index in [1.165, 1.54) is 0 Å². The van der Waals surface area contributed by atoms with Crippen LogP contribution in [0.3, 0.4) is 0 Å². The van der Waals surface area contributed by atoms with Crippen LogP contribution < -0.4 is 5.32 Å². The Morgan fingerprint density at radius 2 is 2.47 bits per heavy atom. The summed E-state index contributed by atoms with van der Waals surface area (Å²) in [5.41, 5.74) is -0.929. The molecular formula is C11H19NO3. The van der Waals surface area contributed by atoms with Crippen LogP contribution in [0.5, 0.6) is 0 Å². The molecular weight excluding hydrogens is 194 g/mol. The molecule has 1 saturated carbocycles. The van der Waals surface area contributed by atoms with Gasteiger partial charge in [-0.1, -0.05) is 18.9 Å². The van der Waals surface area contributed by atoms with Crippen molar-refractivity contribution in [1.82, 2.24) is 5.32 Å². The number of carboxylic acid groups (broad SMARTS) is 1. The van der Waals surface area contributed by atoms with Gasteiger partial charge in [0.15, 0.2) is 0 Å². The Hall–Kier alpha value is -0.870. The van der Waals surface area contributed by atoms with Gasteiger partial charge in [0.25, 0.3) is 0 Å². The Balaban J connectivity index is 2.83. The second-order valence-electron chi connectivity index (χ2n) is 3.92. The highest BCUT2D eigenvalue weighted by Crippen LogP contribution is 2.30. The minimum absolute atomic E-state index is 0.247. The molecule has 0 spiro atoms. The van der Waals surface area contributed by atoms with Gasteiger partial charge in [0.05, 0.1) is 6.10 Å². The number of hydrogen-bond donors (Lipinski definition) is 2. The third kappa shape index (κ3) is 2.38. The van der Waals surface area contributed by atoms with Gasteiger partial charge in [-0.15, -0.1) is 6.58 Å². The molecule has 2 unspecified atom stereocenters. The average Bonchev–Trinajstić information content (AvgIpc) is 2.26. The van der Waals surface area contributed by atoms with Gasteiger partial charge >= 0.3 is 5.97 Å². The number of carbonyl (C=O) groups is 1. The van der Waals surface area contributed by atoms with Crippen LogP contribution in [-0.2, 0) is 9.53 Å². The molecule has 0 aromatic rings. The van der Waals surface area contributed by atoms with E-state index in [0.29, 0.717) is 13.0 Å². The zero-order chi connectivity index (χ0) is 11.3. The van der Waals surface area contributed by atoms with Crippen molar-refractivity contribution < 1.29 is 14.6 Å². The Labute approximate surface area is 90.3 Å². The highest BCUT2D eigenvalue weighted by Gasteiger charge is 2.47. The summed E-state index contributed by atoms with van der Waals surface area (Å²) in [6, 6.07) is 0. The molecule has 1 aliphatic carbocycles. The fourth-order valence-electron chi connectivity index (χ4n) is 2.24. The number of ether oxygens (including phenoxy) is 1. The van der Waals surface area contributed by atoms with E-state index < -0.39 is 11.5 Å². The van der Waals surface area contributed by atoms with Crippen LogP contribution in [0.2, 0.25) is 0 Å². The molecule has 0 bridgehead atoms. The lowest BCUT2D eigenvalue weighted by atomic mass is 9.79. The van der Waals surface area contributed by atoms with Gasteiger partial charge in [0, 0.05) is 13.7 Å². The van der Waals surface area contributed by atoms with Gasteiger partial charge in [-0.25, -0.2) is 0 Å². The number of nitrogens with one attached hydrogen (secondary N) is 1. The standard InChI is InChI=1S/C11H19NO3/c1-3-8-12-11(10(13)14)7-5-4-6-9(11)15-2/h3,9,12H,1,4-8H2,2H3,(H,13,14). The van der Waals surface area contributed by atoms with Gasteiger partial charge < -0.3 is 9.84 Å². The molecule has 4 heteroatoms. The predicted molar refractivity (Wildman–Crippen MR) is 57.8 cm³/mol. The van der Waals surface area contributed by atoms with Gasteiger partial charge in [-0.05, 0) is 12.8 Å². The number of aliphatic carboxylic acids is 1. The van der Waals surface area contributed by atoms with E-state index in [2.05, 4.69) is 11.9 Å². The van der Waals surface area contributed by atoms with Gasteiger partial charge in [0.2, 0.25) is 0 Å². The highest BCUT2D eigenvalue weighted by atomic mass is 16.5. The maximum Gasteiger partial charge on any atom is 0.326 e. The Bertz CT molecular complexity index is 242. The molecule has 1 rings (SSSR count). The van der Waals surface area contributed by atoms with Crippen LogP contribution in [0, 0.1) is 0 Å². The largest absolute Gasteiger partial charge is 0.480 e. The van der Waals surface area contributed by atoms with Crippen LogP contribution in [-0.4, -0.2) is 36.4 Å². The molecule has 0 aromatic heterocycles. The second-order valence-corrected chi connectivity index (χ2v) is 3.92. The van der Waals surface area contributed by atoms with E-state index in [1.807, 2.05) is 0 Å². The molecule has 2 N–H and O–H groups in total. The molecule has 0 saturated heterocycles. The van der Waals surface area contributed by atoms with Crippen LogP contribution in [0.1, 0.15) is 25.7 Å². The van der Waals surface area contributed by atoms with Crippen molar-refractivity contribution >= 4 is 5.97 Å². The Kier molecular flexibility index (Phi) is 4.29. The van der Waals surface area contributed by atoms with Crippen LogP contribution in [0.15, 0.2) is 12.7 Å². The van der Waals surface area contributed by atoms with Crippen molar-refractivity contribution in [3.05, 3.63) is 12.7 Å². The SMILES string of the molecule is C=CCNC1(C(=O)O)CCCCC1OC. The van der Waals surface area contributed by atoms with Crippen molar-refractivity contribution in [3.63, 3.8) is 0 Å². The summed E-state index contributed by atoms with van der Waals surface area (Å²) in [6.45, 7) is 4.08. The molecule has 0 radical (unpaired) electrons. The molecule has 0 aliphatic heterocycles. The first-order valence-electron chi connectivity index (χ1n) is 5.29. The van der Waals surface area contributed by atoms with E-state index in [9.17, 15) is 9.90 Å². The summed E-state index contributed by atoms with van der Waals surface area (Å²) in [6.07, 6.45) is 4.80. The van der Waals surface area contributed by atoms with Crippen molar-refractivity contribution in [2.24, 2.45) is 0 Å². The summed E-state index contributed by atoms with van der Waals surface area (Å²) in [5.74, 6) is -0.823. The van der Waals surface area contributed by atoms with Crippen LogP contribution in [0.25, 0.3) is 0 Å². The topological polar surface area (TPSA) is 58.6 Å². The minimum atomic E-state index is -0.929. The summed E-state index contributed by atoms with van der Waals surface area (Å²) in [7, 11) is 1.57. The molecule has 1 fully saturated rings. The molecule has 2 atom stereocenters. The molecule has 0 amide bonds. The predicted octanol–water partition coefficient (Wildman–Crippen LogP) is 1.17. The molecule has 0 heterocycles. The van der Waals surface area contributed by atoms with E-state index in [-0.39, 0.29) is 6.10 Å². The van der Waals surface area contributed by atoms with E-state index in [0.717, 1.165) is 19.3 Å². The maximum absolute atomic E-state index is 11.4. The van der Waals surface area contributed by atoms with E-state index >= 15 is 0 Å². The zero-order valence-electron chi connectivity index (χ0n) is 9.16. The maximum atomic E-state index is 11.4. The van der Waals surface area contributed by atoms with Crippen LogP contribution >= 0.6 is 0 Å². The quantitative estimate of drug-likeness (QED) is 0.673.